The maximum Gasteiger partial charge on any atom is 0.252 e. The number of aryl methyl sites for hydroxylation is 1. The maximum atomic E-state index is 14.3. The Hall–Kier alpha value is -3.19. The van der Waals surface area contributed by atoms with Gasteiger partial charge in [-0.3, -0.25) is 4.79 Å². The molecule has 1 amide bonds. The first kappa shape index (κ1) is 23.5. The number of nitrogens with one attached hydrogen (secondary N) is 3. The van der Waals surface area contributed by atoms with Gasteiger partial charge in [0, 0.05) is 55.4 Å². The minimum Gasteiger partial charge on any atom is -0.393 e. The molecule has 2 aromatic rings. The Morgan fingerprint density at radius 1 is 1.25 bits per heavy atom. The normalized spacial score (nSPS) is 15.3. The lowest BCUT2D eigenvalue weighted by Gasteiger charge is -2.44. The summed E-state index contributed by atoms with van der Waals surface area (Å²) in [5, 5.41) is 13.4. The number of halogens is 1. The number of hydrogen-bond acceptors (Lipinski definition) is 5. The van der Waals surface area contributed by atoms with Gasteiger partial charge in [0.25, 0.3) is 5.91 Å². The van der Waals surface area contributed by atoms with Crippen LogP contribution < -0.4 is 15.5 Å². The molecule has 3 rings (SSSR count). The van der Waals surface area contributed by atoms with E-state index in [2.05, 4.69) is 34.5 Å². The van der Waals surface area contributed by atoms with E-state index in [-0.39, 0.29) is 5.91 Å². The van der Waals surface area contributed by atoms with Crippen LogP contribution in [0.1, 0.15) is 40.0 Å². The maximum absolute atomic E-state index is 14.3. The van der Waals surface area contributed by atoms with E-state index in [4.69, 9.17) is 5.41 Å². The van der Waals surface area contributed by atoms with Crippen LogP contribution in [0.4, 0.5) is 10.1 Å². The lowest BCUT2D eigenvalue weighted by molar-refractivity contribution is 0.0939. The number of carbonyl (C=O) groups excluding carboxylic acids is 1. The second-order valence-electron chi connectivity index (χ2n) is 8.52. The Balaban J connectivity index is 1.78. The minimum atomic E-state index is -0.408. The lowest BCUT2D eigenvalue weighted by Crippen LogP contribution is -2.57. The third-order valence-corrected chi connectivity index (χ3v) is 5.98. The highest BCUT2D eigenvalue weighted by Gasteiger charge is 2.29. The van der Waals surface area contributed by atoms with Crippen LogP contribution >= 0.6 is 0 Å². The number of likely N-dealkylation sites (N-methyl/N-ethyl adjacent to an activating group) is 1. The monoisotopic (exact) mass is 437 g/mol. The molecule has 0 aromatic heterocycles. The van der Waals surface area contributed by atoms with Crippen molar-refractivity contribution < 1.29 is 9.18 Å². The van der Waals surface area contributed by atoms with Crippen molar-refractivity contribution >= 4 is 23.4 Å². The summed E-state index contributed by atoms with van der Waals surface area (Å²) in [6.07, 6.45) is 2.81. The highest BCUT2D eigenvalue weighted by molar-refractivity contribution is 6.08. The summed E-state index contributed by atoms with van der Waals surface area (Å²) < 4.78 is 14.3. The molecule has 0 radical (unpaired) electrons. The van der Waals surface area contributed by atoms with Crippen molar-refractivity contribution in [3.05, 3.63) is 70.7 Å². The molecular weight excluding hydrogens is 405 g/mol. The summed E-state index contributed by atoms with van der Waals surface area (Å²) >= 11 is 0. The van der Waals surface area contributed by atoms with Crippen LogP contribution in [-0.4, -0.2) is 57.3 Å². The number of benzene rings is 2. The molecule has 6 nitrogen and oxygen atoms in total. The third kappa shape index (κ3) is 5.16. The molecule has 7 heteroatoms. The summed E-state index contributed by atoms with van der Waals surface area (Å²) in [5.41, 5.74) is 4.33. The van der Waals surface area contributed by atoms with Crippen LogP contribution in [-0.2, 0) is 0 Å². The first-order valence-corrected chi connectivity index (χ1v) is 10.7. The Labute approximate surface area is 189 Å². The molecule has 0 spiro atoms. The van der Waals surface area contributed by atoms with Gasteiger partial charge in [-0.1, -0.05) is 6.07 Å². The van der Waals surface area contributed by atoms with E-state index in [0.717, 1.165) is 24.3 Å². The van der Waals surface area contributed by atoms with E-state index in [9.17, 15) is 9.18 Å². The van der Waals surface area contributed by atoms with Gasteiger partial charge in [0.05, 0.1) is 6.04 Å². The van der Waals surface area contributed by atoms with Crippen LogP contribution in [0.2, 0.25) is 0 Å². The van der Waals surface area contributed by atoms with Crippen LogP contribution in [0.3, 0.4) is 0 Å². The molecule has 3 N–H and O–H groups in total. The summed E-state index contributed by atoms with van der Waals surface area (Å²) in [5.74, 6) is -0.598. The molecule has 1 aliphatic rings. The largest absolute Gasteiger partial charge is 0.393 e. The molecule has 0 aliphatic carbocycles. The second-order valence-corrected chi connectivity index (χ2v) is 8.52. The van der Waals surface area contributed by atoms with Gasteiger partial charge in [-0.25, -0.2) is 4.39 Å². The summed E-state index contributed by atoms with van der Waals surface area (Å²) in [7, 11) is 5.88. The number of anilines is 1. The number of hydrogen-bond donors (Lipinski definition) is 3. The van der Waals surface area contributed by atoms with Gasteiger partial charge in [-0.15, -0.1) is 0 Å². The number of allylic oxidation sites excluding steroid dienone is 1. The Morgan fingerprint density at radius 2 is 1.97 bits per heavy atom. The van der Waals surface area contributed by atoms with Crippen LogP contribution in [0.5, 0.6) is 0 Å². The molecule has 170 valence electrons. The van der Waals surface area contributed by atoms with Crippen LogP contribution in [0.25, 0.3) is 5.57 Å². The predicted octanol–water partition coefficient (Wildman–Crippen LogP) is 3.59. The molecule has 1 atom stereocenters. The van der Waals surface area contributed by atoms with Crippen molar-refractivity contribution in [2.45, 2.75) is 25.9 Å². The molecule has 1 fully saturated rings. The standard InChI is InChI=1S/C25H32FN5O/c1-16-6-7-22(31-14-23(15-31)30(4)5)11-24(16)25(32)29-17(2)18-8-19(10-21(26)9-18)20(12-27)13-28-3/h6-13,17,23,27-28H,14-15H2,1-5H3,(H,29,32)/b20-13+,27-12?/t17-/m1/s1. The quantitative estimate of drug-likeness (QED) is 0.552. The molecule has 1 heterocycles. The molecule has 0 unspecified atom stereocenters. The molecular formula is C25H32FN5O. The SMILES string of the molecule is CN/C=C(\C=N)c1cc(F)cc([C@@H](C)NC(=O)c2cc(N3CC(N(C)C)C3)ccc2C)c1. The van der Waals surface area contributed by atoms with Crippen molar-refractivity contribution in [1.29, 1.82) is 5.41 Å². The van der Waals surface area contributed by atoms with Crippen molar-refractivity contribution in [3.8, 4) is 0 Å². The molecule has 32 heavy (non-hydrogen) atoms. The van der Waals surface area contributed by atoms with Gasteiger partial charge in [0.15, 0.2) is 0 Å². The lowest BCUT2D eigenvalue weighted by atomic mass is 9.99. The molecule has 1 aliphatic heterocycles. The zero-order valence-electron chi connectivity index (χ0n) is 19.4. The molecule has 0 saturated carbocycles. The Morgan fingerprint density at radius 3 is 2.59 bits per heavy atom. The van der Waals surface area contributed by atoms with E-state index in [1.807, 2.05) is 32.0 Å². The number of amides is 1. The van der Waals surface area contributed by atoms with Gasteiger partial charge in [0.2, 0.25) is 0 Å². The number of rotatable bonds is 8. The average Bonchev–Trinajstić information content (AvgIpc) is 2.71. The summed E-state index contributed by atoms with van der Waals surface area (Å²) in [6, 6.07) is 10.7. The van der Waals surface area contributed by atoms with Crippen molar-refractivity contribution in [2.24, 2.45) is 0 Å². The fourth-order valence-corrected chi connectivity index (χ4v) is 3.79. The van der Waals surface area contributed by atoms with E-state index >= 15 is 0 Å². The summed E-state index contributed by atoms with van der Waals surface area (Å²) in [4.78, 5) is 17.5. The van der Waals surface area contributed by atoms with E-state index < -0.39 is 11.9 Å². The topological polar surface area (TPSA) is 71.5 Å². The summed E-state index contributed by atoms with van der Waals surface area (Å²) in [6.45, 7) is 5.63. The zero-order chi connectivity index (χ0) is 23.4. The first-order valence-electron chi connectivity index (χ1n) is 10.7. The molecule has 2 aromatic carbocycles. The van der Waals surface area contributed by atoms with E-state index in [0.29, 0.717) is 28.3 Å². The van der Waals surface area contributed by atoms with Crippen molar-refractivity contribution in [2.75, 3.05) is 39.1 Å². The Bertz CT molecular complexity index is 1030. The number of nitrogens with zero attached hydrogens (tertiary/aromatic N) is 2. The minimum absolute atomic E-state index is 0.189. The fourth-order valence-electron chi connectivity index (χ4n) is 3.79. The van der Waals surface area contributed by atoms with E-state index in [1.165, 1.54) is 18.3 Å². The zero-order valence-corrected chi connectivity index (χ0v) is 19.4. The van der Waals surface area contributed by atoms with Gasteiger partial charge in [-0.05, 0) is 75.0 Å². The van der Waals surface area contributed by atoms with Crippen LogP contribution in [0, 0.1) is 18.2 Å². The first-order chi connectivity index (χ1) is 15.2. The van der Waals surface area contributed by atoms with Gasteiger partial charge >= 0.3 is 0 Å². The smallest absolute Gasteiger partial charge is 0.252 e. The third-order valence-electron chi connectivity index (χ3n) is 5.98. The highest BCUT2D eigenvalue weighted by atomic mass is 19.1. The molecule has 1 saturated heterocycles. The average molecular weight is 438 g/mol. The van der Waals surface area contributed by atoms with Crippen molar-refractivity contribution in [3.63, 3.8) is 0 Å². The van der Waals surface area contributed by atoms with Crippen LogP contribution in [0.15, 0.2) is 42.6 Å². The highest BCUT2D eigenvalue weighted by Crippen LogP contribution is 2.26. The van der Waals surface area contributed by atoms with Gasteiger partial charge in [-0.2, -0.15) is 0 Å². The Kier molecular flexibility index (Phi) is 7.30. The van der Waals surface area contributed by atoms with E-state index in [1.54, 1.807) is 19.3 Å². The number of carbonyl (C=O) groups is 1. The predicted molar refractivity (Wildman–Crippen MR) is 129 cm³/mol. The van der Waals surface area contributed by atoms with Gasteiger partial charge in [0.1, 0.15) is 5.82 Å². The van der Waals surface area contributed by atoms with Crippen molar-refractivity contribution in [1.82, 2.24) is 15.5 Å². The second kappa shape index (κ2) is 9.96. The molecule has 0 bridgehead atoms. The van der Waals surface area contributed by atoms with Gasteiger partial charge < -0.3 is 25.8 Å². The fraction of sp³-hybridized carbons (Fsp3) is 0.360.